The standard InChI is InChI=1S/C18H20ClNO/c1-13(2)17(15-8-4-3-5-9-15)20-18(21)16-10-6-7-14(11-16)12-19/h3-11,13,17H,12H2,1-2H3,(H,20,21). The number of hydrogen-bond donors (Lipinski definition) is 1. The van der Waals surface area contributed by atoms with Gasteiger partial charge in [0.15, 0.2) is 0 Å². The summed E-state index contributed by atoms with van der Waals surface area (Å²) in [4.78, 5) is 12.4. The Labute approximate surface area is 131 Å². The van der Waals surface area contributed by atoms with Crippen LogP contribution in [0.15, 0.2) is 54.6 Å². The van der Waals surface area contributed by atoms with Crippen molar-refractivity contribution in [2.75, 3.05) is 0 Å². The summed E-state index contributed by atoms with van der Waals surface area (Å²) in [5.41, 5.74) is 2.72. The van der Waals surface area contributed by atoms with Gasteiger partial charge in [0, 0.05) is 11.4 Å². The van der Waals surface area contributed by atoms with Crippen LogP contribution in [0.3, 0.4) is 0 Å². The highest BCUT2D eigenvalue weighted by atomic mass is 35.5. The Morgan fingerprint density at radius 3 is 2.43 bits per heavy atom. The molecule has 21 heavy (non-hydrogen) atoms. The van der Waals surface area contributed by atoms with Crippen LogP contribution in [-0.2, 0) is 5.88 Å². The number of halogens is 1. The van der Waals surface area contributed by atoms with Crippen molar-refractivity contribution in [3.05, 3.63) is 71.3 Å². The molecule has 2 aromatic carbocycles. The van der Waals surface area contributed by atoms with E-state index in [9.17, 15) is 4.79 Å². The molecule has 0 aliphatic carbocycles. The molecule has 0 radical (unpaired) electrons. The number of rotatable bonds is 5. The lowest BCUT2D eigenvalue weighted by Gasteiger charge is -2.23. The summed E-state index contributed by atoms with van der Waals surface area (Å²) in [6.45, 7) is 4.21. The second-order valence-corrected chi connectivity index (χ2v) is 5.71. The van der Waals surface area contributed by atoms with E-state index in [0.717, 1.165) is 11.1 Å². The van der Waals surface area contributed by atoms with Gasteiger partial charge in [0.05, 0.1) is 6.04 Å². The third kappa shape index (κ3) is 4.08. The van der Waals surface area contributed by atoms with Crippen LogP contribution < -0.4 is 5.32 Å². The van der Waals surface area contributed by atoms with Gasteiger partial charge in [-0.1, -0.05) is 56.3 Å². The topological polar surface area (TPSA) is 29.1 Å². The molecule has 0 bridgehead atoms. The minimum atomic E-state index is -0.0653. The predicted molar refractivity (Wildman–Crippen MR) is 87.5 cm³/mol. The summed E-state index contributed by atoms with van der Waals surface area (Å²) in [5.74, 6) is 0.657. The Kier molecular flexibility index (Phi) is 5.40. The second kappa shape index (κ2) is 7.28. The number of carbonyl (C=O) groups is 1. The molecule has 3 heteroatoms. The van der Waals surface area contributed by atoms with Crippen LogP contribution in [0.2, 0.25) is 0 Å². The zero-order valence-electron chi connectivity index (χ0n) is 12.3. The van der Waals surface area contributed by atoms with E-state index in [0.29, 0.717) is 17.4 Å². The average Bonchev–Trinajstić information content (AvgIpc) is 2.53. The zero-order chi connectivity index (χ0) is 15.2. The van der Waals surface area contributed by atoms with Gasteiger partial charge < -0.3 is 5.32 Å². The molecule has 0 aromatic heterocycles. The van der Waals surface area contributed by atoms with Gasteiger partial charge in [-0.15, -0.1) is 11.6 Å². The highest BCUT2D eigenvalue weighted by molar-refractivity contribution is 6.17. The molecule has 1 atom stereocenters. The van der Waals surface area contributed by atoms with Gasteiger partial charge in [0.1, 0.15) is 0 Å². The number of alkyl halides is 1. The van der Waals surface area contributed by atoms with Crippen LogP contribution in [0, 0.1) is 5.92 Å². The first-order valence-corrected chi connectivity index (χ1v) is 7.66. The number of nitrogens with one attached hydrogen (secondary N) is 1. The number of amides is 1. The zero-order valence-corrected chi connectivity index (χ0v) is 13.1. The molecule has 0 aliphatic heterocycles. The molecule has 2 rings (SSSR count). The van der Waals surface area contributed by atoms with Gasteiger partial charge in [-0.2, -0.15) is 0 Å². The van der Waals surface area contributed by atoms with E-state index < -0.39 is 0 Å². The molecule has 0 aliphatic rings. The molecule has 1 unspecified atom stereocenters. The van der Waals surface area contributed by atoms with Crippen LogP contribution in [0.4, 0.5) is 0 Å². The summed E-state index contributed by atoms with van der Waals surface area (Å²) in [6.07, 6.45) is 0. The van der Waals surface area contributed by atoms with Gasteiger partial charge in [0.2, 0.25) is 0 Å². The number of hydrogen-bond acceptors (Lipinski definition) is 1. The Balaban J connectivity index is 2.19. The molecular weight excluding hydrogens is 282 g/mol. The van der Waals surface area contributed by atoms with E-state index in [2.05, 4.69) is 19.2 Å². The van der Waals surface area contributed by atoms with Crippen LogP contribution in [0.25, 0.3) is 0 Å². The van der Waals surface area contributed by atoms with E-state index in [1.165, 1.54) is 0 Å². The van der Waals surface area contributed by atoms with Gasteiger partial charge in [0.25, 0.3) is 5.91 Å². The molecule has 2 aromatic rings. The predicted octanol–water partition coefficient (Wildman–Crippen LogP) is 4.55. The van der Waals surface area contributed by atoms with E-state index >= 15 is 0 Å². The Morgan fingerprint density at radius 2 is 1.81 bits per heavy atom. The summed E-state index contributed by atoms with van der Waals surface area (Å²) in [6, 6.07) is 17.5. The van der Waals surface area contributed by atoms with Crippen molar-refractivity contribution >= 4 is 17.5 Å². The highest BCUT2D eigenvalue weighted by Gasteiger charge is 2.18. The van der Waals surface area contributed by atoms with Crippen molar-refractivity contribution in [3.63, 3.8) is 0 Å². The Bertz CT molecular complexity index is 595. The molecule has 0 spiro atoms. The van der Waals surface area contributed by atoms with Crippen LogP contribution in [0.5, 0.6) is 0 Å². The Hall–Kier alpha value is -1.80. The number of carbonyl (C=O) groups excluding carboxylic acids is 1. The van der Waals surface area contributed by atoms with E-state index in [-0.39, 0.29) is 11.9 Å². The SMILES string of the molecule is CC(C)C(NC(=O)c1cccc(CCl)c1)c1ccccc1. The molecular formula is C18H20ClNO. The lowest BCUT2D eigenvalue weighted by atomic mass is 9.95. The monoisotopic (exact) mass is 301 g/mol. The third-order valence-electron chi connectivity index (χ3n) is 3.46. The van der Waals surface area contributed by atoms with Gasteiger partial charge in [-0.25, -0.2) is 0 Å². The van der Waals surface area contributed by atoms with Crippen LogP contribution in [0.1, 0.15) is 41.4 Å². The summed E-state index contributed by atoms with van der Waals surface area (Å²) in [5, 5.41) is 3.12. The van der Waals surface area contributed by atoms with Crippen LogP contribution in [-0.4, -0.2) is 5.91 Å². The fourth-order valence-electron chi connectivity index (χ4n) is 2.32. The minimum Gasteiger partial charge on any atom is -0.345 e. The van der Waals surface area contributed by atoms with Crippen molar-refractivity contribution in [2.45, 2.75) is 25.8 Å². The second-order valence-electron chi connectivity index (χ2n) is 5.44. The van der Waals surface area contributed by atoms with Crippen molar-refractivity contribution in [3.8, 4) is 0 Å². The third-order valence-corrected chi connectivity index (χ3v) is 3.76. The lowest BCUT2D eigenvalue weighted by Crippen LogP contribution is -2.31. The largest absolute Gasteiger partial charge is 0.345 e. The van der Waals surface area contributed by atoms with Crippen molar-refractivity contribution in [2.24, 2.45) is 5.92 Å². The van der Waals surface area contributed by atoms with E-state index in [1.807, 2.05) is 54.6 Å². The quantitative estimate of drug-likeness (QED) is 0.806. The maximum atomic E-state index is 12.4. The van der Waals surface area contributed by atoms with Crippen molar-refractivity contribution in [1.82, 2.24) is 5.32 Å². The first kappa shape index (κ1) is 15.6. The van der Waals surface area contributed by atoms with Gasteiger partial charge >= 0.3 is 0 Å². The van der Waals surface area contributed by atoms with Crippen molar-refractivity contribution in [1.29, 1.82) is 0 Å². The summed E-state index contributed by atoms with van der Waals surface area (Å²) < 4.78 is 0. The molecule has 0 heterocycles. The maximum Gasteiger partial charge on any atom is 0.251 e. The molecule has 1 amide bonds. The van der Waals surface area contributed by atoms with E-state index in [1.54, 1.807) is 0 Å². The summed E-state index contributed by atoms with van der Waals surface area (Å²) in [7, 11) is 0. The van der Waals surface area contributed by atoms with Crippen molar-refractivity contribution < 1.29 is 4.79 Å². The molecule has 0 saturated carbocycles. The fraction of sp³-hybridized carbons (Fsp3) is 0.278. The molecule has 0 saturated heterocycles. The normalized spacial score (nSPS) is 12.2. The first-order chi connectivity index (χ1) is 10.1. The van der Waals surface area contributed by atoms with Gasteiger partial charge in [-0.05, 0) is 29.2 Å². The smallest absolute Gasteiger partial charge is 0.251 e. The van der Waals surface area contributed by atoms with Crippen LogP contribution >= 0.6 is 11.6 Å². The highest BCUT2D eigenvalue weighted by Crippen LogP contribution is 2.22. The fourth-order valence-corrected chi connectivity index (χ4v) is 2.48. The lowest BCUT2D eigenvalue weighted by molar-refractivity contribution is 0.0925. The Morgan fingerprint density at radius 1 is 1.10 bits per heavy atom. The minimum absolute atomic E-state index is 0.00152. The van der Waals surface area contributed by atoms with E-state index in [4.69, 9.17) is 11.6 Å². The molecule has 2 nitrogen and oxygen atoms in total. The average molecular weight is 302 g/mol. The molecule has 110 valence electrons. The maximum absolute atomic E-state index is 12.4. The summed E-state index contributed by atoms with van der Waals surface area (Å²) >= 11 is 5.82. The van der Waals surface area contributed by atoms with Gasteiger partial charge in [-0.3, -0.25) is 4.79 Å². The molecule has 0 fully saturated rings. The first-order valence-electron chi connectivity index (χ1n) is 7.12. The number of benzene rings is 2. The molecule has 1 N–H and O–H groups in total.